The molecule has 0 atom stereocenters. The van der Waals surface area contributed by atoms with Gasteiger partial charge in [0.15, 0.2) is 5.76 Å². The van der Waals surface area contributed by atoms with Gasteiger partial charge < -0.3 is 19.2 Å². The maximum absolute atomic E-state index is 12.7. The number of aryl methyl sites for hydroxylation is 1. The molecule has 0 saturated carbocycles. The fraction of sp³-hybridized carbons (Fsp3) is 0.0800. The number of carbonyl (C=O) groups is 1. The van der Waals surface area contributed by atoms with E-state index in [4.69, 9.17) is 25.5 Å². The summed E-state index contributed by atoms with van der Waals surface area (Å²) in [5.74, 6) is 0.572. The number of ether oxygens (including phenoxy) is 2. The van der Waals surface area contributed by atoms with Crippen LogP contribution in [0.1, 0.15) is 21.9 Å². The first-order valence-corrected chi connectivity index (χ1v) is 11.1. The molecular formula is C25H18ClN3O8. The van der Waals surface area contributed by atoms with Gasteiger partial charge in [-0.1, -0.05) is 11.6 Å². The van der Waals surface area contributed by atoms with Crippen molar-refractivity contribution in [2.75, 3.05) is 5.32 Å². The van der Waals surface area contributed by atoms with Gasteiger partial charge in [0.1, 0.15) is 29.6 Å². The number of nitrogens with zero attached hydrogens (tertiary/aromatic N) is 2. The van der Waals surface area contributed by atoms with Gasteiger partial charge in [0.05, 0.1) is 21.6 Å². The highest BCUT2D eigenvalue weighted by atomic mass is 35.5. The fourth-order valence-corrected chi connectivity index (χ4v) is 3.43. The van der Waals surface area contributed by atoms with Gasteiger partial charge in [-0.3, -0.25) is 25.0 Å². The Balaban J connectivity index is 1.44. The zero-order chi connectivity index (χ0) is 26.5. The van der Waals surface area contributed by atoms with Crippen LogP contribution in [-0.2, 0) is 6.61 Å². The molecule has 0 unspecified atom stereocenters. The van der Waals surface area contributed by atoms with Crippen LogP contribution in [0.3, 0.4) is 0 Å². The molecule has 37 heavy (non-hydrogen) atoms. The van der Waals surface area contributed by atoms with Gasteiger partial charge in [-0.2, -0.15) is 0 Å². The number of benzene rings is 3. The molecule has 12 heteroatoms. The van der Waals surface area contributed by atoms with E-state index in [1.807, 2.05) is 0 Å². The van der Waals surface area contributed by atoms with Gasteiger partial charge >= 0.3 is 0 Å². The second kappa shape index (κ2) is 10.8. The van der Waals surface area contributed by atoms with E-state index in [0.717, 1.165) is 0 Å². The lowest BCUT2D eigenvalue weighted by atomic mass is 10.2. The Morgan fingerprint density at radius 2 is 1.65 bits per heavy atom. The predicted octanol–water partition coefficient (Wildman–Crippen LogP) is 6.68. The fourth-order valence-electron chi connectivity index (χ4n) is 3.31. The molecule has 0 aliphatic carbocycles. The molecule has 1 amide bonds. The monoisotopic (exact) mass is 523 g/mol. The minimum absolute atomic E-state index is 0.0211. The van der Waals surface area contributed by atoms with E-state index in [9.17, 15) is 25.0 Å². The van der Waals surface area contributed by atoms with Crippen molar-refractivity contribution in [1.82, 2.24) is 0 Å². The van der Waals surface area contributed by atoms with E-state index in [1.54, 1.807) is 31.2 Å². The molecule has 11 nitrogen and oxygen atoms in total. The van der Waals surface area contributed by atoms with Crippen LogP contribution in [0.25, 0.3) is 0 Å². The van der Waals surface area contributed by atoms with Crippen molar-refractivity contribution in [2.45, 2.75) is 13.5 Å². The largest absolute Gasteiger partial charge is 0.486 e. The van der Waals surface area contributed by atoms with Gasteiger partial charge in [-0.15, -0.1) is 0 Å². The quantitative estimate of drug-likeness (QED) is 0.188. The predicted molar refractivity (Wildman–Crippen MR) is 133 cm³/mol. The zero-order valence-corrected chi connectivity index (χ0v) is 19.9. The van der Waals surface area contributed by atoms with Crippen LogP contribution in [0.2, 0.25) is 5.02 Å². The molecular weight excluding hydrogens is 506 g/mol. The summed E-state index contributed by atoms with van der Waals surface area (Å²) in [6.45, 7) is 1.57. The van der Waals surface area contributed by atoms with E-state index in [2.05, 4.69) is 5.32 Å². The molecule has 0 radical (unpaired) electrons. The third kappa shape index (κ3) is 6.41. The molecule has 0 fully saturated rings. The Morgan fingerprint density at radius 1 is 0.919 bits per heavy atom. The Hall–Kier alpha value is -4.90. The molecule has 188 valence electrons. The third-order valence-electron chi connectivity index (χ3n) is 5.04. The second-order valence-corrected chi connectivity index (χ2v) is 8.18. The van der Waals surface area contributed by atoms with Crippen molar-refractivity contribution in [3.63, 3.8) is 0 Å². The topological polar surface area (TPSA) is 147 Å². The third-order valence-corrected chi connectivity index (χ3v) is 5.29. The van der Waals surface area contributed by atoms with E-state index < -0.39 is 15.8 Å². The van der Waals surface area contributed by atoms with Crippen LogP contribution in [-0.4, -0.2) is 15.8 Å². The number of amides is 1. The highest BCUT2D eigenvalue weighted by Gasteiger charge is 2.17. The summed E-state index contributed by atoms with van der Waals surface area (Å²) < 4.78 is 16.8. The van der Waals surface area contributed by atoms with Crippen LogP contribution in [0.15, 0.2) is 77.2 Å². The highest BCUT2D eigenvalue weighted by Crippen LogP contribution is 2.31. The van der Waals surface area contributed by atoms with E-state index in [-0.39, 0.29) is 35.2 Å². The highest BCUT2D eigenvalue weighted by molar-refractivity contribution is 6.30. The van der Waals surface area contributed by atoms with Gasteiger partial charge in [0.25, 0.3) is 17.3 Å². The summed E-state index contributed by atoms with van der Waals surface area (Å²) in [7, 11) is 0. The first-order chi connectivity index (χ1) is 17.7. The van der Waals surface area contributed by atoms with Crippen LogP contribution in [0.5, 0.6) is 17.2 Å². The number of halogens is 1. The SMILES string of the molecule is Cc1cc(OCc2ccc(C(=O)Nc3cc(Oc4ccc(Cl)cc4)cc([N+](=O)[O-])c3)o2)ccc1[N+](=O)[O-]. The number of nitro benzene ring substituents is 2. The second-order valence-electron chi connectivity index (χ2n) is 7.74. The molecule has 0 bridgehead atoms. The minimum atomic E-state index is -0.643. The van der Waals surface area contributed by atoms with Crippen molar-refractivity contribution >= 4 is 34.6 Å². The zero-order valence-electron chi connectivity index (χ0n) is 19.2. The van der Waals surface area contributed by atoms with Crippen LogP contribution in [0, 0.1) is 27.2 Å². The lowest BCUT2D eigenvalue weighted by molar-refractivity contribution is -0.385. The lowest BCUT2D eigenvalue weighted by Crippen LogP contribution is -2.11. The Kier molecular flexibility index (Phi) is 7.35. The molecule has 0 spiro atoms. The molecule has 0 aliphatic rings. The van der Waals surface area contributed by atoms with Gasteiger partial charge in [0.2, 0.25) is 0 Å². The number of nitrogens with one attached hydrogen (secondary N) is 1. The maximum Gasteiger partial charge on any atom is 0.291 e. The van der Waals surface area contributed by atoms with Crippen LogP contribution < -0.4 is 14.8 Å². The normalized spacial score (nSPS) is 10.5. The summed E-state index contributed by atoms with van der Waals surface area (Å²) in [6.07, 6.45) is 0. The molecule has 1 aromatic heterocycles. The average Bonchev–Trinajstić information content (AvgIpc) is 3.33. The van der Waals surface area contributed by atoms with E-state index >= 15 is 0 Å². The summed E-state index contributed by atoms with van der Waals surface area (Å²) in [5.41, 5.74) is 0.262. The minimum Gasteiger partial charge on any atom is -0.486 e. The van der Waals surface area contributed by atoms with Gasteiger partial charge in [-0.05, 0) is 55.5 Å². The average molecular weight is 524 g/mol. The smallest absolute Gasteiger partial charge is 0.291 e. The lowest BCUT2D eigenvalue weighted by Gasteiger charge is -2.09. The number of furan rings is 1. The van der Waals surface area contributed by atoms with Crippen molar-refractivity contribution in [3.05, 3.63) is 115 Å². The summed E-state index contributed by atoms with van der Waals surface area (Å²) in [5, 5.41) is 25.4. The molecule has 1 heterocycles. The number of non-ortho nitro benzene ring substituents is 1. The summed E-state index contributed by atoms with van der Waals surface area (Å²) in [6, 6.07) is 17.6. The number of anilines is 1. The van der Waals surface area contributed by atoms with Crippen molar-refractivity contribution in [1.29, 1.82) is 0 Å². The number of hydrogen-bond acceptors (Lipinski definition) is 8. The van der Waals surface area contributed by atoms with E-state index in [0.29, 0.717) is 27.8 Å². The first-order valence-electron chi connectivity index (χ1n) is 10.7. The number of hydrogen-bond donors (Lipinski definition) is 1. The molecule has 0 aliphatic heterocycles. The molecule has 3 aromatic carbocycles. The number of carbonyl (C=O) groups excluding carboxylic acids is 1. The van der Waals surface area contributed by atoms with Crippen LogP contribution >= 0.6 is 11.6 Å². The van der Waals surface area contributed by atoms with Crippen molar-refractivity contribution in [2.24, 2.45) is 0 Å². The molecule has 0 saturated heterocycles. The number of nitro groups is 2. The maximum atomic E-state index is 12.7. The van der Waals surface area contributed by atoms with Gasteiger partial charge in [-0.25, -0.2) is 0 Å². The van der Waals surface area contributed by atoms with E-state index in [1.165, 1.54) is 48.5 Å². The standard InChI is InChI=1S/C25H18ClN3O8/c1-15-10-20(6-8-23(15)29(33)34)35-14-21-7-9-24(37-21)25(30)27-17-11-18(28(31)32)13-22(12-17)36-19-4-2-16(26)3-5-19/h2-13H,14H2,1H3,(H,27,30). The molecule has 4 rings (SSSR count). The first kappa shape index (κ1) is 25.2. The van der Waals surface area contributed by atoms with Crippen molar-refractivity contribution in [3.8, 4) is 17.2 Å². The van der Waals surface area contributed by atoms with Crippen molar-refractivity contribution < 1.29 is 28.5 Å². The van der Waals surface area contributed by atoms with Crippen LogP contribution in [0.4, 0.5) is 17.1 Å². The Bertz CT molecular complexity index is 1480. The summed E-state index contributed by atoms with van der Waals surface area (Å²) >= 11 is 5.87. The van der Waals surface area contributed by atoms with Gasteiger partial charge in [0, 0.05) is 28.8 Å². The number of rotatable bonds is 9. The summed E-state index contributed by atoms with van der Waals surface area (Å²) in [4.78, 5) is 33.9. The Morgan fingerprint density at radius 3 is 2.32 bits per heavy atom. The molecule has 4 aromatic rings. The molecule has 1 N–H and O–H groups in total. The Labute approximate surface area is 214 Å².